The maximum absolute atomic E-state index is 12.1. The normalized spacial score (nSPS) is 26.2. The Bertz CT molecular complexity index is 352. The Labute approximate surface area is 100 Å². The number of nitrogens with zero attached hydrogens (tertiary/aromatic N) is 1. The van der Waals surface area contributed by atoms with Crippen LogP contribution < -0.4 is 0 Å². The van der Waals surface area contributed by atoms with Gasteiger partial charge in [-0.25, -0.2) is 4.21 Å². The van der Waals surface area contributed by atoms with Crippen LogP contribution in [0, 0.1) is 5.41 Å². The summed E-state index contributed by atoms with van der Waals surface area (Å²) in [6.45, 7) is 4.71. The summed E-state index contributed by atoms with van der Waals surface area (Å²) >= 11 is 0.391. The van der Waals surface area contributed by atoms with Gasteiger partial charge < -0.3 is 4.90 Å². The molecule has 1 aliphatic heterocycles. The van der Waals surface area contributed by atoms with Crippen molar-refractivity contribution >= 4 is 22.0 Å². The highest BCUT2D eigenvalue weighted by molar-refractivity contribution is 7.68. The molecular formula is C12H19NO2S. The number of likely N-dealkylation sites (tertiary alicyclic amines) is 1. The van der Waals surface area contributed by atoms with Crippen LogP contribution in [0.1, 0.15) is 46.0 Å². The summed E-state index contributed by atoms with van der Waals surface area (Å²) in [5, 5.41) is 0. The largest absolute Gasteiger partial charge is 0.334 e. The summed E-state index contributed by atoms with van der Waals surface area (Å²) in [6, 6.07) is 0.380. The molecule has 1 amide bonds. The molecule has 16 heavy (non-hydrogen) atoms. The third kappa shape index (κ3) is 1.95. The molecule has 0 aromatic carbocycles. The Kier molecular flexibility index (Phi) is 3.19. The minimum atomic E-state index is -0.249. The standard InChI is InChI=1S/C12H19NO2S/c1-12(2)8-13(11(14)10(12)16-15)9-6-4-3-5-7-9/h9H,3-8H2,1-2H3. The van der Waals surface area contributed by atoms with Crippen LogP contribution in [-0.2, 0) is 16.1 Å². The van der Waals surface area contributed by atoms with Crippen LogP contribution in [0.15, 0.2) is 0 Å². The van der Waals surface area contributed by atoms with Gasteiger partial charge in [0.15, 0.2) is 0 Å². The molecule has 0 radical (unpaired) electrons. The molecule has 90 valence electrons. The van der Waals surface area contributed by atoms with Gasteiger partial charge in [0.25, 0.3) is 5.91 Å². The molecule has 0 N–H and O–H groups in total. The lowest BCUT2D eigenvalue weighted by Gasteiger charge is -2.31. The van der Waals surface area contributed by atoms with Gasteiger partial charge in [-0.1, -0.05) is 33.1 Å². The quantitative estimate of drug-likeness (QED) is 0.654. The topological polar surface area (TPSA) is 37.4 Å². The van der Waals surface area contributed by atoms with Gasteiger partial charge in [-0.05, 0) is 12.8 Å². The number of rotatable bonds is 1. The van der Waals surface area contributed by atoms with Gasteiger partial charge in [-0.2, -0.15) is 0 Å². The molecule has 2 aliphatic rings. The first-order valence-corrected chi connectivity index (χ1v) is 6.78. The fourth-order valence-corrected chi connectivity index (χ4v) is 3.30. The van der Waals surface area contributed by atoms with E-state index in [4.69, 9.17) is 0 Å². The molecule has 0 aromatic rings. The smallest absolute Gasteiger partial charge is 0.263 e. The average Bonchev–Trinajstić information content (AvgIpc) is 2.50. The van der Waals surface area contributed by atoms with E-state index in [1.807, 2.05) is 18.7 Å². The lowest BCUT2D eigenvalue weighted by Crippen LogP contribution is -2.39. The third-order valence-electron chi connectivity index (χ3n) is 3.73. The van der Waals surface area contributed by atoms with E-state index in [1.54, 1.807) is 0 Å². The summed E-state index contributed by atoms with van der Waals surface area (Å²) in [7, 11) is 0. The Morgan fingerprint density at radius 3 is 2.38 bits per heavy atom. The van der Waals surface area contributed by atoms with Gasteiger partial charge in [-0.3, -0.25) is 4.79 Å². The minimum Gasteiger partial charge on any atom is -0.334 e. The van der Waals surface area contributed by atoms with Crippen LogP contribution >= 0.6 is 0 Å². The SMILES string of the molecule is CC1(C)CN(C2CCCCC2)C(=O)C1=S=O. The zero-order valence-corrected chi connectivity index (χ0v) is 10.8. The number of hydrogen-bond acceptors (Lipinski definition) is 2. The predicted octanol–water partition coefficient (Wildman–Crippen LogP) is 1.57. The number of carbonyl (C=O) groups excluding carboxylic acids is 1. The summed E-state index contributed by atoms with van der Waals surface area (Å²) in [4.78, 5) is 14.6. The van der Waals surface area contributed by atoms with Gasteiger partial charge in [-0.15, -0.1) is 0 Å². The van der Waals surface area contributed by atoms with Crippen LogP contribution in [0.4, 0.5) is 0 Å². The van der Waals surface area contributed by atoms with Gasteiger partial charge in [0.05, 0.1) is 11.3 Å². The fourth-order valence-electron chi connectivity index (χ4n) is 2.83. The molecule has 2 rings (SSSR count). The van der Waals surface area contributed by atoms with Crippen molar-refractivity contribution in [3.8, 4) is 0 Å². The molecule has 0 atom stereocenters. The van der Waals surface area contributed by atoms with Crippen molar-refractivity contribution in [2.45, 2.75) is 52.0 Å². The predicted molar refractivity (Wildman–Crippen MR) is 65.5 cm³/mol. The Hall–Kier alpha value is -0.640. The molecule has 1 saturated carbocycles. The summed E-state index contributed by atoms with van der Waals surface area (Å²) < 4.78 is 11.0. The highest BCUT2D eigenvalue weighted by Crippen LogP contribution is 2.32. The van der Waals surface area contributed by atoms with Crippen molar-refractivity contribution < 1.29 is 9.00 Å². The second-order valence-electron chi connectivity index (χ2n) is 5.52. The van der Waals surface area contributed by atoms with Crippen molar-refractivity contribution in [2.24, 2.45) is 5.41 Å². The average molecular weight is 241 g/mol. The summed E-state index contributed by atoms with van der Waals surface area (Å²) in [5.74, 6) is -0.00287. The maximum atomic E-state index is 12.1. The molecule has 0 unspecified atom stereocenters. The molecular weight excluding hydrogens is 222 g/mol. The highest BCUT2D eigenvalue weighted by atomic mass is 32.1. The van der Waals surface area contributed by atoms with E-state index in [-0.39, 0.29) is 11.3 Å². The Balaban J connectivity index is 2.19. The molecule has 4 heteroatoms. The first kappa shape index (κ1) is 11.8. The zero-order valence-electron chi connectivity index (χ0n) is 9.99. The minimum absolute atomic E-state index is 0.00287. The second-order valence-corrected chi connectivity index (χ2v) is 6.10. The molecule has 2 fully saturated rings. The number of amides is 1. The van der Waals surface area contributed by atoms with E-state index < -0.39 is 0 Å². The lowest BCUT2D eigenvalue weighted by atomic mass is 9.92. The number of hydrogen-bond donors (Lipinski definition) is 0. The van der Waals surface area contributed by atoms with Crippen LogP contribution in [0.25, 0.3) is 0 Å². The van der Waals surface area contributed by atoms with Crippen LogP contribution in [-0.4, -0.2) is 32.5 Å². The third-order valence-corrected chi connectivity index (χ3v) is 4.63. The van der Waals surface area contributed by atoms with Gasteiger partial charge >= 0.3 is 0 Å². The molecule has 3 nitrogen and oxygen atoms in total. The molecule has 0 aromatic heterocycles. The van der Waals surface area contributed by atoms with Gasteiger partial charge in [0, 0.05) is 18.0 Å². The number of carbonyl (C=O) groups is 1. The van der Waals surface area contributed by atoms with E-state index in [2.05, 4.69) is 0 Å². The maximum Gasteiger partial charge on any atom is 0.263 e. The van der Waals surface area contributed by atoms with E-state index in [0.717, 1.165) is 19.4 Å². The van der Waals surface area contributed by atoms with Crippen molar-refractivity contribution in [1.29, 1.82) is 0 Å². The molecule has 0 bridgehead atoms. The van der Waals surface area contributed by atoms with Gasteiger partial charge in [0.2, 0.25) is 0 Å². The van der Waals surface area contributed by atoms with E-state index >= 15 is 0 Å². The highest BCUT2D eigenvalue weighted by Gasteiger charge is 2.45. The van der Waals surface area contributed by atoms with Crippen molar-refractivity contribution in [2.75, 3.05) is 6.54 Å². The van der Waals surface area contributed by atoms with E-state index in [1.165, 1.54) is 19.3 Å². The van der Waals surface area contributed by atoms with Crippen molar-refractivity contribution in [1.82, 2.24) is 4.90 Å². The Morgan fingerprint density at radius 1 is 1.25 bits per heavy atom. The van der Waals surface area contributed by atoms with Crippen LogP contribution in [0.5, 0.6) is 0 Å². The van der Waals surface area contributed by atoms with Crippen LogP contribution in [0.2, 0.25) is 0 Å². The zero-order chi connectivity index (χ0) is 11.8. The van der Waals surface area contributed by atoms with Crippen molar-refractivity contribution in [3.05, 3.63) is 0 Å². The lowest BCUT2D eigenvalue weighted by molar-refractivity contribution is -0.125. The summed E-state index contributed by atoms with van der Waals surface area (Å²) in [6.07, 6.45) is 5.94. The molecule has 1 heterocycles. The monoisotopic (exact) mass is 241 g/mol. The molecule has 1 saturated heterocycles. The molecule has 0 spiro atoms. The molecule has 1 aliphatic carbocycles. The first-order valence-electron chi connectivity index (χ1n) is 6.04. The van der Waals surface area contributed by atoms with Crippen molar-refractivity contribution in [3.63, 3.8) is 0 Å². The van der Waals surface area contributed by atoms with E-state index in [0.29, 0.717) is 22.2 Å². The van der Waals surface area contributed by atoms with E-state index in [9.17, 15) is 9.00 Å². The summed E-state index contributed by atoms with van der Waals surface area (Å²) in [5.41, 5.74) is -0.249. The van der Waals surface area contributed by atoms with Gasteiger partial charge in [0.1, 0.15) is 4.86 Å². The van der Waals surface area contributed by atoms with Crippen LogP contribution in [0.3, 0.4) is 0 Å². The first-order chi connectivity index (χ1) is 7.56. The Morgan fingerprint density at radius 2 is 1.88 bits per heavy atom. The fraction of sp³-hybridized carbons (Fsp3) is 0.833. The second kappa shape index (κ2) is 4.32.